The zero-order valence-electron chi connectivity index (χ0n) is 16.2. The third-order valence-corrected chi connectivity index (χ3v) is 5.49. The summed E-state index contributed by atoms with van der Waals surface area (Å²) in [6.45, 7) is 5.54. The van der Waals surface area contributed by atoms with Gasteiger partial charge in [-0.05, 0) is 44.7 Å². The Morgan fingerprint density at radius 3 is 2.41 bits per heavy atom. The molecule has 29 heavy (non-hydrogen) atoms. The topological polar surface area (TPSA) is 73.8 Å². The summed E-state index contributed by atoms with van der Waals surface area (Å²) in [7, 11) is 0. The van der Waals surface area contributed by atoms with Crippen molar-refractivity contribution in [1.82, 2.24) is 15.8 Å². The summed E-state index contributed by atoms with van der Waals surface area (Å²) in [6.07, 6.45) is 0. The minimum absolute atomic E-state index is 0. The van der Waals surface area contributed by atoms with Crippen LogP contribution in [0.1, 0.15) is 35.3 Å². The fraction of sp³-hybridized carbons (Fsp3) is 0.190. The first-order valence-electron chi connectivity index (χ1n) is 8.92. The van der Waals surface area contributed by atoms with Gasteiger partial charge in [-0.25, -0.2) is 10.4 Å². The van der Waals surface area contributed by atoms with Gasteiger partial charge in [0.05, 0.1) is 5.70 Å². The number of nitrogens with zero attached hydrogens (tertiary/aromatic N) is 2. The molecule has 0 saturated carbocycles. The number of thioether (sulfide) groups is 1. The normalized spacial score (nSPS) is 17.4. The van der Waals surface area contributed by atoms with E-state index in [1.54, 1.807) is 31.0 Å². The van der Waals surface area contributed by atoms with Gasteiger partial charge in [-0.15, -0.1) is 12.4 Å². The number of benzene rings is 2. The number of amidine groups is 1. The maximum absolute atomic E-state index is 12.8. The van der Waals surface area contributed by atoms with Crippen molar-refractivity contribution in [3.05, 3.63) is 76.3 Å². The molecule has 0 aliphatic carbocycles. The number of nitrogens with one attached hydrogen (secondary N) is 2. The molecule has 0 atom stereocenters. The molecule has 8 heteroatoms. The zero-order chi connectivity index (χ0) is 19.9. The lowest BCUT2D eigenvalue weighted by Gasteiger charge is -2.35. The van der Waals surface area contributed by atoms with Gasteiger partial charge >= 0.3 is 0 Å². The number of aryl methyl sites for hydroxylation is 1. The number of carbonyl (C=O) groups is 2. The molecule has 0 radical (unpaired) electrons. The second-order valence-electron chi connectivity index (χ2n) is 7.24. The van der Waals surface area contributed by atoms with Gasteiger partial charge in [0.1, 0.15) is 10.6 Å². The highest BCUT2D eigenvalue weighted by molar-refractivity contribution is 8.17. The van der Waals surface area contributed by atoms with Crippen LogP contribution >= 0.6 is 24.2 Å². The van der Waals surface area contributed by atoms with Crippen LogP contribution in [0, 0.1) is 6.92 Å². The maximum Gasteiger partial charge on any atom is 0.269 e. The number of hydrogen-bond donors (Lipinski definition) is 2. The van der Waals surface area contributed by atoms with Gasteiger partial charge in [0.25, 0.3) is 11.8 Å². The van der Waals surface area contributed by atoms with Gasteiger partial charge in [0, 0.05) is 11.1 Å². The number of hydrogen-bond acceptors (Lipinski definition) is 5. The highest BCUT2D eigenvalue weighted by atomic mass is 35.5. The number of aliphatic imine (C=N–C) groups is 1. The van der Waals surface area contributed by atoms with E-state index in [-0.39, 0.29) is 24.2 Å². The standard InChI is InChI=1S/C21H20N4O2S.ClH/c1-13-9-11-15(12-10-13)17(26)22-18-16(14-7-5-4-6-8-14)25-20(28-18)23-19(27)21(2,3)24-25;/h4-12,24H,1-3H3,(H,22,26);1H. The van der Waals surface area contributed by atoms with E-state index in [0.29, 0.717) is 15.8 Å². The van der Waals surface area contributed by atoms with Crippen molar-refractivity contribution in [3.8, 4) is 0 Å². The molecular weight excluding hydrogens is 408 g/mol. The monoisotopic (exact) mass is 428 g/mol. The molecule has 0 unspecified atom stereocenters. The highest BCUT2D eigenvalue weighted by Crippen LogP contribution is 2.40. The van der Waals surface area contributed by atoms with Crippen LogP contribution in [0.25, 0.3) is 5.70 Å². The first-order chi connectivity index (χ1) is 13.3. The first kappa shape index (κ1) is 21.1. The Balaban J connectivity index is 0.00000240. The quantitative estimate of drug-likeness (QED) is 0.779. The fourth-order valence-electron chi connectivity index (χ4n) is 2.93. The maximum atomic E-state index is 12.8. The van der Waals surface area contributed by atoms with Gasteiger partial charge in [-0.1, -0.05) is 48.0 Å². The van der Waals surface area contributed by atoms with Crippen LogP contribution in [0.2, 0.25) is 0 Å². The summed E-state index contributed by atoms with van der Waals surface area (Å²) in [4.78, 5) is 29.3. The molecule has 150 valence electrons. The number of halogens is 1. The fourth-order valence-corrected chi connectivity index (χ4v) is 3.92. The molecule has 0 fully saturated rings. The third kappa shape index (κ3) is 4.07. The smallest absolute Gasteiger partial charge is 0.269 e. The molecule has 4 rings (SSSR count). The molecule has 6 nitrogen and oxygen atoms in total. The summed E-state index contributed by atoms with van der Waals surface area (Å²) in [5, 5.41) is 5.91. The SMILES string of the molecule is Cc1ccc(C(=O)NC2=C(c3ccccc3)N3NC(C)(C)C(=O)N=C3S2)cc1.Cl. The average molecular weight is 429 g/mol. The Bertz CT molecular complexity index is 1020. The average Bonchev–Trinajstić information content (AvgIpc) is 2.99. The number of rotatable bonds is 3. The van der Waals surface area contributed by atoms with E-state index in [0.717, 1.165) is 16.8 Å². The van der Waals surface area contributed by atoms with Crippen LogP contribution in [-0.4, -0.2) is 27.5 Å². The second-order valence-corrected chi connectivity index (χ2v) is 8.22. The lowest BCUT2D eigenvalue weighted by atomic mass is 10.1. The Labute approximate surface area is 179 Å². The summed E-state index contributed by atoms with van der Waals surface area (Å²) in [5.74, 6) is -0.452. The molecule has 0 saturated heterocycles. The molecule has 2 aromatic rings. The molecule has 0 aromatic heterocycles. The molecule has 2 amide bonds. The van der Waals surface area contributed by atoms with E-state index in [1.165, 1.54) is 11.8 Å². The molecule has 2 heterocycles. The van der Waals surface area contributed by atoms with Crippen molar-refractivity contribution < 1.29 is 9.59 Å². The molecule has 2 N–H and O–H groups in total. The molecule has 2 aliphatic heterocycles. The Kier molecular flexibility index (Phi) is 5.84. The van der Waals surface area contributed by atoms with E-state index in [2.05, 4.69) is 15.7 Å². The zero-order valence-corrected chi connectivity index (χ0v) is 17.9. The Morgan fingerprint density at radius 1 is 1.10 bits per heavy atom. The van der Waals surface area contributed by atoms with Gasteiger partial charge in [0.2, 0.25) is 0 Å². The minimum atomic E-state index is -0.833. The third-order valence-electron chi connectivity index (χ3n) is 4.53. The van der Waals surface area contributed by atoms with Crippen molar-refractivity contribution in [3.63, 3.8) is 0 Å². The number of hydrazine groups is 1. The van der Waals surface area contributed by atoms with Crippen molar-refractivity contribution in [2.24, 2.45) is 4.99 Å². The van der Waals surface area contributed by atoms with Crippen LogP contribution in [-0.2, 0) is 4.79 Å². The molecule has 0 bridgehead atoms. The summed E-state index contributed by atoms with van der Waals surface area (Å²) in [5.41, 5.74) is 5.74. The van der Waals surface area contributed by atoms with Crippen molar-refractivity contribution >= 4 is 46.8 Å². The first-order valence-corrected chi connectivity index (χ1v) is 9.73. The van der Waals surface area contributed by atoms with Crippen LogP contribution in [0.4, 0.5) is 0 Å². The number of fused-ring (bicyclic) bond motifs is 1. The van der Waals surface area contributed by atoms with Gasteiger partial charge in [0.15, 0.2) is 5.17 Å². The Hall–Kier alpha value is -2.61. The van der Waals surface area contributed by atoms with Crippen molar-refractivity contribution in [2.75, 3.05) is 0 Å². The lowest BCUT2D eigenvalue weighted by molar-refractivity contribution is -0.124. The van der Waals surface area contributed by atoms with E-state index >= 15 is 0 Å². The van der Waals surface area contributed by atoms with E-state index in [1.807, 2.05) is 49.4 Å². The summed E-state index contributed by atoms with van der Waals surface area (Å²) in [6, 6.07) is 17.1. The van der Waals surface area contributed by atoms with Crippen LogP contribution < -0.4 is 10.7 Å². The van der Waals surface area contributed by atoms with Gasteiger partial charge in [-0.2, -0.15) is 4.99 Å². The summed E-state index contributed by atoms with van der Waals surface area (Å²) >= 11 is 1.27. The lowest BCUT2D eigenvalue weighted by Crippen LogP contribution is -2.58. The number of carbonyl (C=O) groups excluding carboxylic acids is 2. The molecule has 2 aromatic carbocycles. The van der Waals surface area contributed by atoms with E-state index in [4.69, 9.17) is 0 Å². The van der Waals surface area contributed by atoms with Gasteiger partial charge in [-0.3, -0.25) is 9.59 Å². The second kappa shape index (κ2) is 8.02. The number of amides is 2. The van der Waals surface area contributed by atoms with E-state index < -0.39 is 5.54 Å². The van der Waals surface area contributed by atoms with E-state index in [9.17, 15) is 9.59 Å². The predicted octanol–water partition coefficient (Wildman–Crippen LogP) is 3.70. The van der Waals surface area contributed by atoms with Gasteiger partial charge < -0.3 is 5.32 Å². The molecular formula is C21H21ClN4O2S. The van der Waals surface area contributed by atoms with Crippen LogP contribution in [0.3, 0.4) is 0 Å². The van der Waals surface area contributed by atoms with Crippen LogP contribution in [0.5, 0.6) is 0 Å². The largest absolute Gasteiger partial charge is 0.314 e. The molecule has 2 aliphatic rings. The van der Waals surface area contributed by atoms with Crippen molar-refractivity contribution in [1.29, 1.82) is 0 Å². The summed E-state index contributed by atoms with van der Waals surface area (Å²) < 4.78 is 0. The van der Waals surface area contributed by atoms with Crippen LogP contribution in [0.15, 0.2) is 64.6 Å². The predicted molar refractivity (Wildman–Crippen MR) is 118 cm³/mol. The highest BCUT2D eigenvalue weighted by Gasteiger charge is 2.42. The van der Waals surface area contributed by atoms with Crippen molar-refractivity contribution in [2.45, 2.75) is 26.3 Å². The molecule has 0 spiro atoms. The Morgan fingerprint density at radius 2 is 1.76 bits per heavy atom. The minimum Gasteiger partial charge on any atom is -0.314 e.